The van der Waals surface area contributed by atoms with Crippen LogP contribution in [0.15, 0.2) is 72.8 Å². The summed E-state index contributed by atoms with van der Waals surface area (Å²) in [5, 5.41) is -1.02. The van der Waals surface area contributed by atoms with Crippen molar-refractivity contribution in [2.75, 3.05) is 0 Å². The predicted octanol–water partition coefficient (Wildman–Crippen LogP) is 5.78. The molecule has 0 radical (unpaired) electrons. The van der Waals surface area contributed by atoms with Crippen molar-refractivity contribution < 1.29 is 9.59 Å². The number of hydrogen-bond donors (Lipinski definition) is 0. The van der Waals surface area contributed by atoms with Crippen LogP contribution in [0.4, 0.5) is 0 Å². The quantitative estimate of drug-likeness (QED) is 0.556. The first kappa shape index (κ1) is 16.4. The lowest BCUT2D eigenvalue weighted by Gasteiger charge is -2.12. The first-order valence-electron chi connectivity index (χ1n) is 7.26. The van der Waals surface area contributed by atoms with Gasteiger partial charge < -0.3 is 0 Å². The largest absolute Gasteiger partial charge is 0.276 e. The summed E-state index contributed by atoms with van der Waals surface area (Å²) in [6.45, 7) is 0. The second-order valence-electron chi connectivity index (χ2n) is 5.25. The molecular weight excluding hydrogens is 343 g/mol. The maximum atomic E-state index is 11.5. The molecule has 4 heteroatoms. The summed E-state index contributed by atoms with van der Waals surface area (Å²) in [7, 11) is 0. The van der Waals surface area contributed by atoms with Crippen molar-refractivity contribution >= 4 is 33.7 Å². The van der Waals surface area contributed by atoms with Gasteiger partial charge in [0.05, 0.1) is 0 Å². The van der Waals surface area contributed by atoms with E-state index in [0.717, 1.165) is 22.3 Å². The Balaban J connectivity index is 2.18. The average Bonchev–Trinajstić information content (AvgIpc) is 2.62. The van der Waals surface area contributed by atoms with Gasteiger partial charge in [-0.1, -0.05) is 48.5 Å². The maximum absolute atomic E-state index is 11.5. The molecule has 0 atom stereocenters. The van der Waals surface area contributed by atoms with E-state index in [1.54, 1.807) is 36.4 Å². The molecule has 2 nitrogen and oxygen atoms in total. The molecule has 0 spiro atoms. The Morgan fingerprint density at radius 2 is 1.12 bits per heavy atom. The zero-order chi connectivity index (χ0) is 17.1. The highest BCUT2D eigenvalue weighted by Crippen LogP contribution is 2.33. The van der Waals surface area contributed by atoms with Crippen molar-refractivity contribution in [1.82, 2.24) is 0 Å². The molecule has 118 valence electrons. The molecule has 0 saturated carbocycles. The fourth-order valence-electron chi connectivity index (χ4n) is 2.56. The second-order valence-corrected chi connectivity index (χ2v) is 5.94. The average molecular weight is 355 g/mol. The van der Waals surface area contributed by atoms with Gasteiger partial charge in [-0.3, -0.25) is 9.59 Å². The van der Waals surface area contributed by atoms with Crippen LogP contribution in [0.5, 0.6) is 0 Å². The molecule has 3 rings (SSSR count). The summed E-state index contributed by atoms with van der Waals surface area (Å²) >= 11 is 11.1. The van der Waals surface area contributed by atoms with Gasteiger partial charge in [0.2, 0.25) is 0 Å². The van der Waals surface area contributed by atoms with Crippen LogP contribution in [0.25, 0.3) is 22.3 Å². The van der Waals surface area contributed by atoms with Crippen LogP contribution in [0, 0.1) is 0 Å². The van der Waals surface area contributed by atoms with Gasteiger partial charge >= 0.3 is 0 Å². The van der Waals surface area contributed by atoms with Gasteiger partial charge in [-0.05, 0) is 69.7 Å². The lowest BCUT2D eigenvalue weighted by molar-refractivity contribution is 0.107. The highest BCUT2D eigenvalue weighted by atomic mass is 35.5. The Morgan fingerprint density at radius 1 is 0.583 bits per heavy atom. The van der Waals surface area contributed by atoms with E-state index in [0.29, 0.717) is 11.1 Å². The molecule has 24 heavy (non-hydrogen) atoms. The molecule has 0 aliphatic carbocycles. The van der Waals surface area contributed by atoms with E-state index in [1.165, 1.54) is 0 Å². The van der Waals surface area contributed by atoms with E-state index in [1.807, 2.05) is 36.4 Å². The Bertz CT molecular complexity index is 901. The van der Waals surface area contributed by atoms with Gasteiger partial charge in [-0.15, -0.1) is 0 Å². The third-order valence-electron chi connectivity index (χ3n) is 3.75. The van der Waals surface area contributed by atoms with Crippen molar-refractivity contribution in [3.63, 3.8) is 0 Å². The molecule has 0 unspecified atom stereocenters. The number of halogens is 2. The standard InChI is InChI=1S/C20H12Cl2O2/c21-19(23)15-8-6-14(7-9-15)18-12-16(20(22)24)10-11-17(18)13-4-2-1-3-5-13/h1-12H. The van der Waals surface area contributed by atoms with E-state index in [9.17, 15) is 9.59 Å². The fraction of sp³-hybridized carbons (Fsp3) is 0. The van der Waals surface area contributed by atoms with E-state index in [-0.39, 0.29) is 0 Å². The van der Waals surface area contributed by atoms with Crippen molar-refractivity contribution in [1.29, 1.82) is 0 Å². The summed E-state index contributed by atoms with van der Waals surface area (Å²) in [4.78, 5) is 22.8. The summed E-state index contributed by atoms with van der Waals surface area (Å²) in [5.74, 6) is 0. The van der Waals surface area contributed by atoms with Crippen molar-refractivity contribution in [2.45, 2.75) is 0 Å². The Labute approximate surface area is 149 Å². The molecule has 0 aromatic heterocycles. The molecule has 0 amide bonds. The molecular formula is C20H12Cl2O2. The molecule has 0 heterocycles. The minimum absolute atomic E-state index is 0.420. The van der Waals surface area contributed by atoms with E-state index >= 15 is 0 Å². The number of rotatable bonds is 4. The van der Waals surface area contributed by atoms with Gasteiger partial charge in [0.15, 0.2) is 0 Å². The number of hydrogen-bond acceptors (Lipinski definition) is 2. The van der Waals surface area contributed by atoms with Gasteiger partial charge in [0.1, 0.15) is 0 Å². The molecule has 0 bridgehead atoms. The topological polar surface area (TPSA) is 34.1 Å². The summed E-state index contributed by atoms with van der Waals surface area (Å²) in [6.07, 6.45) is 0. The minimum Gasteiger partial charge on any atom is -0.276 e. The summed E-state index contributed by atoms with van der Waals surface area (Å²) in [5.41, 5.74) is 4.58. The monoisotopic (exact) mass is 354 g/mol. The zero-order valence-corrected chi connectivity index (χ0v) is 14.0. The normalized spacial score (nSPS) is 10.4. The zero-order valence-electron chi connectivity index (χ0n) is 12.5. The SMILES string of the molecule is O=C(Cl)c1ccc(-c2cc(C(=O)Cl)ccc2-c2ccccc2)cc1. The van der Waals surface area contributed by atoms with Crippen LogP contribution in [0.1, 0.15) is 20.7 Å². The first-order chi connectivity index (χ1) is 11.6. The summed E-state index contributed by atoms with van der Waals surface area (Å²) < 4.78 is 0. The lowest BCUT2D eigenvalue weighted by atomic mass is 9.92. The third-order valence-corrected chi connectivity index (χ3v) is 4.19. The van der Waals surface area contributed by atoms with E-state index in [4.69, 9.17) is 23.2 Å². The van der Waals surface area contributed by atoms with Crippen LogP contribution in [0.3, 0.4) is 0 Å². The summed E-state index contributed by atoms with van der Waals surface area (Å²) in [6, 6.07) is 22.1. The van der Waals surface area contributed by atoms with Crippen LogP contribution in [-0.4, -0.2) is 10.5 Å². The molecule has 3 aromatic rings. The van der Waals surface area contributed by atoms with Gasteiger partial charge in [0, 0.05) is 11.1 Å². The molecule has 0 fully saturated rings. The fourth-order valence-corrected chi connectivity index (χ4v) is 2.80. The number of benzene rings is 3. The Hall–Kier alpha value is -2.42. The van der Waals surface area contributed by atoms with Gasteiger partial charge in [0.25, 0.3) is 10.5 Å². The molecule has 0 saturated heterocycles. The van der Waals surface area contributed by atoms with Gasteiger partial charge in [-0.2, -0.15) is 0 Å². The Morgan fingerprint density at radius 3 is 1.71 bits per heavy atom. The molecule has 0 N–H and O–H groups in total. The molecule has 3 aromatic carbocycles. The van der Waals surface area contributed by atoms with Crippen molar-refractivity contribution in [3.05, 3.63) is 83.9 Å². The maximum Gasteiger partial charge on any atom is 0.252 e. The number of carbonyl (C=O) groups is 2. The minimum atomic E-state index is -0.511. The van der Waals surface area contributed by atoms with Crippen molar-refractivity contribution in [3.8, 4) is 22.3 Å². The van der Waals surface area contributed by atoms with E-state index < -0.39 is 10.5 Å². The van der Waals surface area contributed by atoms with Crippen molar-refractivity contribution in [2.24, 2.45) is 0 Å². The van der Waals surface area contributed by atoms with Crippen LogP contribution in [0.2, 0.25) is 0 Å². The third kappa shape index (κ3) is 3.40. The highest BCUT2D eigenvalue weighted by molar-refractivity contribution is 6.68. The predicted molar refractivity (Wildman–Crippen MR) is 97.7 cm³/mol. The lowest BCUT2D eigenvalue weighted by Crippen LogP contribution is -1.93. The first-order valence-corrected chi connectivity index (χ1v) is 8.01. The Kier molecular flexibility index (Phi) is 4.79. The number of carbonyl (C=O) groups excluding carboxylic acids is 2. The van der Waals surface area contributed by atoms with E-state index in [2.05, 4.69) is 0 Å². The molecule has 0 aliphatic heterocycles. The highest BCUT2D eigenvalue weighted by Gasteiger charge is 2.12. The van der Waals surface area contributed by atoms with Crippen LogP contribution >= 0.6 is 23.2 Å². The van der Waals surface area contributed by atoms with Crippen LogP contribution in [-0.2, 0) is 0 Å². The smallest absolute Gasteiger partial charge is 0.252 e. The molecule has 0 aliphatic rings. The van der Waals surface area contributed by atoms with Gasteiger partial charge in [-0.25, -0.2) is 0 Å². The van der Waals surface area contributed by atoms with Crippen LogP contribution < -0.4 is 0 Å². The second kappa shape index (κ2) is 7.00.